The van der Waals surface area contributed by atoms with Gasteiger partial charge < -0.3 is 9.47 Å². The van der Waals surface area contributed by atoms with Crippen molar-refractivity contribution < 1.29 is 14.3 Å². The summed E-state index contributed by atoms with van der Waals surface area (Å²) >= 11 is 6.67. The number of hydrogen-bond acceptors (Lipinski definition) is 5. The second kappa shape index (κ2) is 9.69. The molecule has 0 spiro atoms. The van der Waals surface area contributed by atoms with Gasteiger partial charge in [0.15, 0.2) is 0 Å². The van der Waals surface area contributed by atoms with Gasteiger partial charge in [-0.05, 0) is 35.8 Å². The SMILES string of the molecule is COCCCN1C(=O)C(=Cc2ccc(OCc3ccccc3)cc2)SC1=S. The van der Waals surface area contributed by atoms with Crippen molar-refractivity contribution in [3.63, 3.8) is 0 Å². The van der Waals surface area contributed by atoms with Crippen molar-refractivity contribution in [2.45, 2.75) is 13.0 Å². The second-order valence-electron chi connectivity index (χ2n) is 6.02. The van der Waals surface area contributed by atoms with Gasteiger partial charge in [-0.2, -0.15) is 0 Å². The summed E-state index contributed by atoms with van der Waals surface area (Å²) in [6.45, 7) is 1.73. The Morgan fingerprint density at radius 1 is 1.11 bits per heavy atom. The van der Waals surface area contributed by atoms with Crippen molar-refractivity contribution >= 4 is 40.3 Å². The van der Waals surface area contributed by atoms with E-state index in [0.29, 0.717) is 29.0 Å². The molecule has 1 heterocycles. The standard InChI is InChI=1S/C21H21NO3S2/c1-24-13-5-12-22-20(23)19(27-21(22)26)14-16-8-10-18(11-9-16)25-15-17-6-3-2-4-7-17/h2-4,6-11,14H,5,12-13,15H2,1H3. The van der Waals surface area contributed by atoms with Gasteiger partial charge in [0.25, 0.3) is 5.91 Å². The fourth-order valence-electron chi connectivity index (χ4n) is 2.61. The van der Waals surface area contributed by atoms with Crippen LogP contribution >= 0.6 is 24.0 Å². The Bertz CT molecular complexity index is 819. The third kappa shape index (κ3) is 5.42. The number of amides is 1. The molecular weight excluding hydrogens is 378 g/mol. The molecule has 140 valence electrons. The molecule has 0 aromatic heterocycles. The first kappa shape index (κ1) is 19.6. The number of benzene rings is 2. The summed E-state index contributed by atoms with van der Waals surface area (Å²) in [7, 11) is 1.65. The van der Waals surface area contributed by atoms with Crippen LogP contribution in [0.5, 0.6) is 5.75 Å². The topological polar surface area (TPSA) is 38.8 Å². The maximum absolute atomic E-state index is 12.5. The Morgan fingerprint density at radius 3 is 2.56 bits per heavy atom. The number of thiocarbonyl (C=S) groups is 1. The van der Waals surface area contributed by atoms with E-state index >= 15 is 0 Å². The van der Waals surface area contributed by atoms with Crippen LogP contribution in [0.15, 0.2) is 59.5 Å². The van der Waals surface area contributed by atoms with Crippen LogP contribution in [0.4, 0.5) is 0 Å². The number of thioether (sulfide) groups is 1. The summed E-state index contributed by atoms with van der Waals surface area (Å²) < 4.78 is 11.4. The molecule has 4 nitrogen and oxygen atoms in total. The van der Waals surface area contributed by atoms with Gasteiger partial charge in [-0.25, -0.2) is 0 Å². The van der Waals surface area contributed by atoms with E-state index < -0.39 is 0 Å². The third-order valence-electron chi connectivity index (χ3n) is 4.03. The van der Waals surface area contributed by atoms with E-state index in [1.54, 1.807) is 12.0 Å². The highest BCUT2D eigenvalue weighted by Crippen LogP contribution is 2.32. The van der Waals surface area contributed by atoms with Crippen LogP contribution in [0.3, 0.4) is 0 Å². The van der Waals surface area contributed by atoms with E-state index in [-0.39, 0.29) is 5.91 Å². The number of rotatable bonds is 8. The van der Waals surface area contributed by atoms with Crippen LogP contribution in [0.2, 0.25) is 0 Å². The van der Waals surface area contributed by atoms with E-state index in [1.165, 1.54) is 11.8 Å². The average Bonchev–Trinajstić information content (AvgIpc) is 2.96. The zero-order chi connectivity index (χ0) is 19.1. The monoisotopic (exact) mass is 399 g/mol. The highest BCUT2D eigenvalue weighted by molar-refractivity contribution is 8.26. The second-order valence-corrected chi connectivity index (χ2v) is 7.70. The van der Waals surface area contributed by atoms with Crippen molar-refractivity contribution in [2.75, 3.05) is 20.3 Å². The summed E-state index contributed by atoms with van der Waals surface area (Å²) in [5.41, 5.74) is 2.07. The highest BCUT2D eigenvalue weighted by Gasteiger charge is 2.31. The fourth-order valence-corrected chi connectivity index (χ4v) is 3.92. The quantitative estimate of drug-likeness (QED) is 0.371. The molecule has 0 radical (unpaired) electrons. The first-order valence-corrected chi connectivity index (χ1v) is 9.91. The Hall–Kier alpha value is -2.15. The van der Waals surface area contributed by atoms with Crippen molar-refractivity contribution in [3.8, 4) is 5.75 Å². The van der Waals surface area contributed by atoms with Gasteiger partial charge in [0.2, 0.25) is 0 Å². The fraction of sp³-hybridized carbons (Fsp3) is 0.238. The van der Waals surface area contributed by atoms with Crippen molar-refractivity contribution in [1.82, 2.24) is 4.90 Å². The molecule has 3 rings (SSSR count). The summed E-state index contributed by atoms with van der Waals surface area (Å²) in [6, 6.07) is 17.7. The lowest BCUT2D eigenvalue weighted by molar-refractivity contribution is -0.122. The molecule has 27 heavy (non-hydrogen) atoms. The number of hydrogen-bond donors (Lipinski definition) is 0. The van der Waals surface area contributed by atoms with Crippen molar-refractivity contribution in [2.24, 2.45) is 0 Å². The van der Waals surface area contributed by atoms with E-state index in [0.717, 1.165) is 23.3 Å². The van der Waals surface area contributed by atoms with E-state index in [1.807, 2.05) is 60.7 Å². The average molecular weight is 400 g/mol. The molecule has 0 unspecified atom stereocenters. The Kier molecular flexibility index (Phi) is 7.04. The van der Waals surface area contributed by atoms with Crippen LogP contribution < -0.4 is 4.74 Å². The number of nitrogens with zero attached hydrogens (tertiary/aromatic N) is 1. The van der Waals surface area contributed by atoms with Gasteiger partial charge in [-0.1, -0.05) is 66.4 Å². The molecule has 2 aromatic rings. The molecule has 1 aliphatic heterocycles. The minimum Gasteiger partial charge on any atom is -0.489 e. The van der Waals surface area contributed by atoms with Gasteiger partial charge in [-0.3, -0.25) is 9.69 Å². The highest BCUT2D eigenvalue weighted by atomic mass is 32.2. The number of ether oxygens (including phenoxy) is 2. The molecule has 0 atom stereocenters. The lowest BCUT2D eigenvalue weighted by Crippen LogP contribution is -2.29. The van der Waals surface area contributed by atoms with Crippen LogP contribution in [-0.2, 0) is 16.1 Å². The minimum atomic E-state index is -0.0366. The normalized spacial score (nSPS) is 15.6. The number of methoxy groups -OCH3 is 1. The van der Waals surface area contributed by atoms with Crippen LogP contribution in [0, 0.1) is 0 Å². The zero-order valence-corrected chi connectivity index (χ0v) is 16.7. The molecule has 6 heteroatoms. The summed E-state index contributed by atoms with van der Waals surface area (Å²) in [6.07, 6.45) is 2.64. The largest absolute Gasteiger partial charge is 0.489 e. The molecule has 1 saturated heterocycles. The predicted octanol–water partition coefficient (Wildman–Crippen LogP) is 4.50. The molecule has 0 saturated carbocycles. The van der Waals surface area contributed by atoms with E-state index in [4.69, 9.17) is 21.7 Å². The smallest absolute Gasteiger partial charge is 0.266 e. The van der Waals surface area contributed by atoms with Crippen LogP contribution in [0.1, 0.15) is 17.5 Å². The van der Waals surface area contributed by atoms with Crippen molar-refractivity contribution in [3.05, 3.63) is 70.6 Å². The van der Waals surface area contributed by atoms with Gasteiger partial charge in [-0.15, -0.1) is 0 Å². The molecule has 1 amide bonds. The van der Waals surface area contributed by atoms with Gasteiger partial charge in [0.05, 0.1) is 4.91 Å². The molecule has 0 bridgehead atoms. The third-order valence-corrected chi connectivity index (χ3v) is 5.41. The first-order chi connectivity index (χ1) is 13.2. The molecular formula is C21H21NO3S2. The maximum atomic E-state index is 12.5. The molecule has 0 N–H and O–H groups in total. The Labute approximate surface area is 169 Å². The van der Waals surface area contributed by atoms with Gasteiger partial charge >= 0.3 is 0 Å². The summed E-state index contributed by atoms with van der Waals surface area (Å²) in [5, 5.41) is 0. The van der Waals surface area contributed by atoms with E-state index in [9.17, 15) is 4.79 Å². The summed E-state index contributed by atoms with van der Waals surface area (Å²) in [4.78, 5) is 14.8. The van der Waals surface area contributed by atoms with E-state index in [2.05, 4.69) is 0 Å². The van der Waals surface area contributed by atoms with Crippen molar-refractivity contribution in [1.29, 1.82) is 0 Å². The lowest BCUT2D eigenvalue weighted by atomic mass is 10.2. The molecule has 1 fully saturated rings. The Balaban J connectivity index is 1.60. The maximum Gasteiger partial charge on any atom is 0.266 e. The van der Waals surface area contributed by atoms with Crippen LogP contribution in [-0.4, -0.2) is 35.4 Å². The first-order valence-electron chi connectivity index (χ1n) is 8.68. The molecule has 2 aromatic carbocycles. The molecule has 1 aliphatic rings. The zero-order valence-electron chi connectivity index (χ0n) is 15.1. The van der Waals surface area contributed by atoms with Gasteiger partial charge in [0.1, 0.15) is 16.7 Å². The lowest BCUT2D eigenvalue weighted by Gasteiger charge is -2.13. The predicted molar refractivity (Wildman–Crippen MR) is 114 cm³/mol. The van der Waals surface area contributed by atoms with Gasteiger partial charge in [0, 0.05) is 20.3 Å². The number of carbonyl (C=O) groups excluding carboxylic acids is 1. The summed E-state index contributed by atoms with van der Waals surface area (Å²) in [5.74, 6) is 0.758. The van der Waals surface area contributed by atoms with Crippen LogP contribution in [0.25, 0.3) is 6.08 Å². The number of carbonyl (C=O) groups is 1. The minimum absolute atomic E-state index is 0.0366. The molecule has 0 aliphatic carbocycles. The Morgan fingerprint density at radius 2 is 1.85 bits per heavy atom.